The standard InChI is InChI=1S/C28H30F4O2/c1-3-5-7-16-8-11-18(12-9-16)34-28(33)21-15-14-20-19-13-10-17(6-4-2)24(29)22(19)26(31)27(32)23(20)25(21)30/h3,10,13-16,18,26-27H,1,4-9,11-12H2,2H3. The van der Waals surface area contributed by atoms with Crippen LogP contribution in [0.25, 0.3) is 11.1 Å². The number of halogens is 4. The van der Waals surface area contributed by atoms with Crippen molar-refractivity contribution in [3.8, 4) is 11.1 Å². The maximum Gasteiger partial charge on any atom is 0.341 e. The summed E-state index contributed by atoms with van der Waals surface area (Å²) >= 11 is 0. The highest BCUT2D eigenvalue weighted by Gasteiger charge is 2.40. The molecule has 1 saturated carbocycles. The van der Waals surface area contributed by atoms with E-state index in [2.05, 4.69) is 6.58 Å². The molecular formula is C28H30F4O2. The Hall–Kier alpha value is -2.63. The van der Waals surface area contributed by atoms with Crippen molar-refractivity contribution in [2.24, 2.45) is 5.92 Å². The van der Waals surface area contributed by atoms with Crippen LogP contribution in [0.3, 0.4) is 0 Å². The Morgan fingerprint density at radius 1 is 1.00 bits per heavy atom. The van der Waals surface area contributed by atoms with Crippen LogP contribution < -0.4 is 0 Å². The molecule has 2 nitrogen and oxygen atoms in total. The van der Waals surface area contributed by atoms with Gasteiger partial charge in [-0.1, -0.05) is 37.6 Å². The zero-order valence-corrected chi connectivity index (χ0v) is 19.4. The molecule has 1 fully saturated rings. The number of ether oxygens (including phenoxy) is 1. The van der Waals surface area contributed by atoms with Gasteiger partial charge in [0.1, 0.15) is 17.7 Å². The number of benzene rings is 2. The summed E-state index contributed by atoms with van der Waals surface area (Å²) in [5.74, 6) is -2.25. The molecule has 0 spiro atoms. The summed E-state index contributed by atoms with van der Waals surface area (Å²) in [7, 11) is 0. The zero-order chi connectivity index (χ0) is 24.4. The van der Waals surface area contributed by atoms with Crippen molar-refractivity contribution >= 4 is 5.97 Å². The van der Waals surface area contributed by atoms with Gasteiger partial charge in [-0.2, -0.15) is 0 Å². The van der Waals surface area contributed by atoms with Crippen LogP contribution in [0, 0.1) is 17.6 Å². The Kier molecular flexibility index (Phi) is 7.44. The molecule has 2 aliphatic carbocycles. The summed E-state index contributed by atoms with van der Waals surface area (Å²) in [6.45, 7) is 5.60. The van der Waals surface area contributed by atoms with Gasteiger partial charge in [0.05, 0.1) is 5.56 Å². The minimum absolute atomic E-state index is 0.0649. The lowest BCUT2D eigenvalue weighted by Crippen LogP contribution is -2.25. The number of allylic oxidation sites excluding steroid dienone is 1. The number of carbonyl (C=O) groups excluding carboxylic acids is 1. The van der Waals surface area contributed by atoms with Crippen molar-refractivity contribution in [2.75, 3.05) is 0 Å². The summed E-state index contributed by atoms with van der Waals surface area (Å²) in [6.07, 6.45) is 3.03. The van der Waals surface area contributed by atoms with Crippen molar-refractivity contribution in [1.29, 1.82) is 0 Å². The maximum absolute atomic E-state index is 15.4. The van der Waals surface area contributed by atoms with Crippen LogP contribution in [0.15, 0.2) is 36.9 Å². The predicted molar refractivity (Wildman–Crippen MR) is 124 cm³/mol. The monoisotopic (exact) mass is 474 g/mol. The van der Waals surface area contributed by atoms with Crippen molar-refractivity contribution < 1.29 is 27.1 Å². The largest absolute Gasteiger partial charge is 0.459 e. The molecule has 0 N–H and O–H groups in total. The second-order valence-corrected chi connectivity index (χ2v) is 9.36. The minimum Gasteiger partial charge on any atom is -0.459 e. The van der Waals surface area contributed by atoms with Crippen LogP contribution in [0.4, 0.5) is 17.6 Å². The Morgan fingerprint density at radius 3 is 2.24 bits per heavy atom. The summed E-state index contributed by atoms with van der Waals surface area (Å²) < 4.78 is 66.0. The van der Waals surface area contributed by atoms with Gasteiger partial charge in [0.25, 0.3) is 0 Å². The van der Waals surface area contributed by atoms with Gasteiger partial charge < -0.3 is 4.74 Å². The number of esters is 1. The Balaban J connectivity index is 1.58. The molecule has 2 unspecified atom stereocenters. The lowest BCUT2D eigenvalue weighted by molar-refractivity contribution is 0.0157. The molecule has 182 valence electrons. The molecule has 0 radical (unpaired) electrons. The fourth-order valence-electron chi connectivity index (χ4n) is 5.26. The topological polar surface area (TPSA) is 26.3 Å². The molecular weight excluding hydrogens is 444 g/mol. The molecule has 2 aromatic rings. The first kappa shape index (κ1) is 24.5. The van der Waals surface area contributed by atoms with E-state index in [1.54, 1.807) is 0 Å². The third-order valence-electron chi connectivity index (χ3n) is 7.12. The second kappa shape index (κ2) is 10.3. The summed E-state index contributed by atoms with van der Waals surface area (Å²) in [5.41, 5.74) is -0.868. The second-order valence-electron chi connectivity index (χ2n) is 9.36. The van der Waals surface area contributed by atoms with Crippen molar-refractivity contribution in [1.82, 2.24) is 0 Å². The van der Waals surface area contributed by atoms with E-state index in [-0.39, 0.29) is 22.8 Å². The molecule has 0 aromatic heterocycles. The Bertz CT molecular complexity index is 1070. The summed E-state index contributed by atoms with van der Waals surface area (Å²) in [6, 6.07) is 5.61. The summed E-state index contributed by atoms with van der Waals surface area (Å²) in [4.78, 5) is 12.7. The molecule has 0 amide bonds. The lowest BCUT2D eigenvalue weighted by atomic mass is 9.80. The van der Waals surface area contributed by atoms with Crippen LogP contribution in [-0.2, 0) is 11.2 Å². The third-order valence-corrected chi connectivity index (χ3v) is 7.12. The molecule has 0 bridgehead atoms. The normalized spacial score (nSPS) is 23.7. The quantitative estimate of drug-likeness (QED) is 0.229. The zero-order valence-electron chi connectivity index (χ0n) is 19.4. The number of hydrogen-bond acceptors (Lipinski definition) is 2. The molecule has 2 atom stereocenters. The molecule has 0 saturated heterocycles. The number of carbonyl (C=O) groups is 1. The van der Waals surface area contributed by atoms with Gasteiger partial charge in [-0.15, -0.1) is 6.58 Å². The van der Waals surface area contributed by atoms with Crippen LogP contribution in [0.1, 0.15) is 91.3 Å². The van der Waals surface area contributed by atoms with Gasteiger partial charge in [-0.3, -0.25) is 0 Å². The van der Waals surface area contributed by atoms with E-state index < -0.39 is 41.1 Å². The average Bonchev–Trinajstić information content (AvgIpc) is 2.83. The molecule has 6 heteroatoms. The molecule has 2 aliphatic rings. The van der Waals surface area contributed by atoms with E-state index in [4.69, 9.17) is 4.74 Å². The number of rotatable bonds is 7. The van der Waals surface area contributed by atoms with Gasteiger partial charge in [-0.25, -0.2) is 22.4 Å². The fraction of sp³-hybridized carbons (Fsp3) is 0.464. The Morgan fingerprint density at radius 2 is 1.62 bits per heavy atom. The highest BCUT2D eigenvalue weighted by Crippen LogP contribution is 2.51. The predicted octanol–water partition coefficient (Wildman–Crippen LogP) is 8.30. The lowest BCUT2D eigenvalue weighted by Gasteiger charge is -2.29. The number of alkyl halides is 2. The smallest absolute Gasteiger partial charge is 0.341 e. The molecule has 0 aliphatic heterocycles. The van der Waals surface area contributed by atoms with Crippen molar-refractivity contribution in [2.45, 2.75) is 76.7 Å². The molecule has 34 heavy (non-hydrogen) atoms. The SMILES string of the molecule is C=CCCC1CCC(OC(=O)c2ccc3c(c2F)C(F)C(F)c2c-3ccc(CCC)c2F)CC1. The third kappa shape index (κ3) is 4.51. The maximum atomic E-state index is 15.4. The number of fused-ring (bicyclic) bond motifs is 3. The van der Waals surface area contributed by atoms with Crippen LogP contribution in [0.5, 0.6) is 0 Å². The first-order chi connectivity index (χ1) is 16.4. The van der Waals surface area contributed by atoms with Crippen LogP contribution in [0.2, 0.25) is 0 Å². The average molecular weight is 475 g/mol. The highest BCUT2D eigenvalue weighted by molar-refractivity contribution is 5.92. The van der Waals surface area contributed by atoms with E-state index in [0.717, 1.165) is 25.7 Å². The van der Waals surface area contributed by atoms with Crippen molar-refractivity contribution in [3.63, 3.8) is 0 Å². The number of hydrogen-bond donors (Lipinski definition) is 0. The van der Waals surface area contributed by atoms with Crippen molar-refractivity contribution in [3.05, 3.63) is 70.8 Å². The van der Waals surface area contributed by atoms with Gasteiger partial charge in [0.15, 0.2) is 12.3 Å². The Labute approximate surface area is 198 Å². The van der Waals surface area contributed by atoms with E-state index in [0.29, 0.717) is 37.2 Å². The van der Waals surface area contributed by atoms with E-state index >= 15 is 13.2 Å². The molecule has 4 rings (SSSR count). The molecule has 2 aromatic carbocycles. The minimum atomic E-state index is -2.41. The number of aryl methyl sites for hydroxylation is 1. The van der Waals surface area contributed by atoms with E-state index in [1.807, 2.05) is 13.0 Å². The first-order valence-corrected chi connectivity index (χ1v) is 12.1. The molecule has 0 heterocycles. The van der Waals surface area contributed by atoms with Gasteiger partial charge in [0.2, 0.25) is 0 Å². The fourth-order valence-corrected chi connectivity index (χ4v) is 5.26. The van der Waals surface area contributed by atoms with Crippen LogP contribution >= 0.6 is 0 Å². The van der Waals surface area contributed by atoms with Gasteiger partial charge in [-0.05, 0) is 73.6 Å². The van der Waals surface area contributed by atoms with Gasteiger partial charge in [0, 0.05) is 11.1 Å². The first-order valence-electron chi connectivity index (χ1n) is 12.1. The van der Waals surface area contributed by atoms with Crippen LogP contribution in [-0.4, -0.2) is 12.1 Å². The van der Waals surface area contributed by atoms with Gasteiger partial charge >= 0.3 is 5.97 Å². The highest BCUT2D eigenvalue weighted by atomic mass is 19.2. The van der Waals surface area contributed by atoms with E-state index in [1.165, 1.54) is 24.3 Å². The summed E-state index contributed by atoms with van der Waals surface area (Å²) in [5, 5.41) is 0. The van der Waals surface area contributed by atoms with E-state index in [9.17, 15) is 9.18 Å².